The quantitative estimate of drug-likeness (QED) is 0.503. The van der Waals surface area contributed by atoms with Crippen LogP contribution in [0.2, 0.25) is 0 Å². The van der Waals surface area contributed by atoms with Crippen LogP contribution in [-0.4, -0.2) is 66.9 Å². The van der Waals surface area contributed by atoms with E-state index in [1.54, 1.807) is 20.8 Å². The third-order valence-electron chi connectivity index (χ3n) is 4.43. The number of likely N-dealkylation sites (N-methyl/N-ethyl adjacent to an activating group) is 1. The summed E-state index contributed by atoms with van der Waals surface area (Å²) in [4.78, 5) is 28.9. The summed E-state index contributed by atoms with van der Waals surface area (Å²) in [5, 5.41) is 0. The monoisotopic (exact) mass is 298 g/mol. The minimum atomic E-state index is -1.05. The first-order valence-electron chi connectivity index (χ1n) is 8.03. The molecule has 1 rings (SSSR count). The van der Waals surface area contributed by atoms with Crippen molar-refractivity contribution in [3.8, 4) is 0 Å². The molecule has 0 aromatic heterocycles. The van der Waals surface area contributed by atoms with Crippen LogP contribution in [0.5, 0.6) is 0 Å². The summed E-state index contributed by atoms with van der Waals surface area (Å²) in [5.41, 5.74) is -1.05. The summed E-state index contributed by atoms with van der Waals surface area (Å²) in [5.74, 6) is -0.476. The van der Waals surface area contributed by atoms with E-state index >= 15 is 0 Å². The fourth-order valence-electron chi connectivity index (χ4n) is 2.82. The normalized spacial score (nSPS) is 20.0. The van der Waals surface area contributed by atoms with E-state index in [1.807, 2.05) is 0 Å². The maximum atomic E-state index is 12.4. The van der Waals surface area contributed by atoms with Crippen LogP contribution in [0.15, 0.2) is 0 Å². The lowest BCUT2D eigenvalue weighted by atomic mass is 9.88. The molecular formula is C16H30N2O3. The number of ether oxygens (including phenoxy) is 1. The zero-order chi connectivity index (χ0) is 16.0. The highest BCUT2D eigenvalue weighted by Gasteiger charge is 2.39. The molecule has 1 fully saturated rings. The van der Waals surface area contributed by atoms with E-state index in [0.717, 1.165) is 32.6 Å². The van der Waals surface area contributed by atoms with Crippen molar-refractivity contribution in [3.63, 3.8) is 0 Å². The Balaban J connectivity index is 2.55. The number of hydrogen-bond donors (Lipinski definition) is 0. The maximum absolute atomic E-state index is 12.4. The second kappa shape index (κ2) is 7.90. The Kier molecular flexibility index (Phi) is 6.81. The van der Waals surface area contributed by atoms with Gasteiger partial charge in [0.1, 0.15) is 5.41 Å². The molecule has 1 heterocycles. The Hall–Kier alpha value is -0.940. The van der Waals surface area contributed by atoms with Crippen LogP contribution in [-0.2, 0) is 14.3 Å². The highest BCUT2D eigenvalue weighted by molar-refractivity contribution is 6.03. The molecule has 0 aliphatic carbocycles. The van der Waals surface area contributed by atoms with Gasteiger partial charge in [0, 0.05) is 19.1 Å². The average Bonchev–Trinajstić information content (AvgIpc) is 2.88. The SMILES string of the molecule is CCOC(=O)C(C)(C)C(=O)CN1CCC(N(CC)CC)C1. The van der Waals surface area contributed by atoms with E-state index in [1.165, 1.54) is 0 Å². The predicted octanol–water partition coefficient (Wildman–Crippen LogP) is 1.56. The summed E-state index contributed by atoms with van der Waals surface area (Å²) in [6.45, 7) is 14.0. The molecule has 0 bridgehead atoms. The molecule has 1 aliphatic heterocycles. The Morgan fingerprint density at radius 2 is 1.86 bits per heavy atom. The van der Waals surface area contributed by atoms with Gasteiger partial charge in [-0.2, -0.15) is 0 Å². The van der Waals surface area contributed by atoms with Crippen molar-refractivity contribution in [2.75, 3.05) is 39.3 Å². The summed E-state index contributed by atoms with van der Waals surface area (Å²) < 4.78 is 5.00. The molecule has 0 amide bonds. The van der Waals surface area contributed by atoms with Crippen molar-refractivity contribution in [3.05, 3.63) is 0 Å². The van der Waals surface area contributed by atoms with Crippen LogP contribution in [0, 0.1) is 5.41 Å². The maximum Gasteiger partial charge on any atom is 0.319 e. The van der Waals surface area contributed by atoms with Crippen LogP contribution in [0.25, 0.3) is 0 Å². The first-order chi connectivity index (χ1) is 9.86. The minimum Gasteiger partial charge on any atom is -0.465 e. The predicted molar refractivity (Wildman–Crippen MR) is 83.2 cm³/mol. The number of rotatable bonds is 8. The molecule has 1 atom stereocenters. The molecular weight excluding hydrogens is 268 g/mol. The Morgan fingerprint density at radius 1 is 1.24 bits per heavy atom. The molecule has 0 radical (unpaired) electrons. The second-order valence-corrected chi connectivity index (χ2v) is 6.17. The van der Waals surface area contributed by atoms with Crippen LogP contribution >= 0.6 is 0 Å². The van der Waals surface area contributed by atoms with Crippen LogP contribution in [0.1, 0.15) is 41.0 Å². The number of carbonyl (C=O) groups excluding carboxylic acids is 2. The zero-order valence-electron chi connectivity index (χ0n) is 14.1. The van der Waals surface area contributed by atoms with Gasteiger partial charge in [0.05, 0.1) is 13.2 Å². The van der Waals surface area contributed by atoms with Gasteiger partial charge >= 0.3 is 5.97 Å². The van der Waals surface area contributed by atoms with Gasteiger partial charge in [-0.1, -0.05) is 13.8 Å². The average molecular weight is 298 g/mol. The van der Waals surface area contributed by atoms with E-state index in [0.29, 0.717) is 19.2 Å². The fraction of sp³-hybridized carbons (Fsp3) is 0.875. The van der Waals surface area contributed by atoms with Gasteiger partial charge in [-0.05, 0) is 40.3 Å². The highest BCUT2D eigenvalue weighted by Crippen LogP contribution is 2.22. The standard InChI is InChI=1S/C16H30N2O3/c1-6-18(7-2)13-9-10-17(11-13)12-14(19)16(4,5)15(20)21-8-3/h13H,6-12H2,1-5H3. The largest absolute Gasteiger partial charge is 0.465 e. The number of nitrogens with zero attached hydrogens (tertiary/aromatic N) is 2. The Labute approximate surface area is 128 Å². The summed E-state index contributed by atoms with van der Waals surface area (Å²) in [6.07, 6.45) is 1.09. The minimum absolute atomic E-state index is 0.0545. The summed E-state index contributed by atoms with van der Waals surface area (Å²) >= 11 is 0. The zero-order valence-corrected chi connectivity index (χ0v) is 14.1. The van der Waals surface area contributed by atoms with E-state index < -0.39 is 11.4 Å². The number of likely N-dealkylation sites (tertiary alicyclic amines) is 1. The molecule has 0 N–H and O–H groups in total. The first kappa shape index (κ1) is 18.1. The molecule has 122 valence electrons. The van der Waals surface area contributed by atoms with E-state index in [9.17, 15) is 9.59 Å². The third kappa shape index (κ3) is 4.51. The Bertz CT molecular complexity index is 365. The molecule has 1 unspecified atom stereocenters. The lowest BCUT2D eigenvalue weighted by Crippen LogP contribution is -2.43. The molecule has 1 saturated heterocycles. The lowest BCUT2D eigenvalue weighted by Gasteiger charge is -2.27. The van der Waals surface area contributed by atoms with Gasteiger partial charge in [0.25, 0.3) is 0 Å². The van der Waals surface area contributed by atoms with Crippen LogP contribution < -0.4 is 0 Å². The van der Waals surface area contributed by atoms with Crippen molar-refractivity contribution in [1.82, 2.24) is 9.80 Å². The van der Waals surface area contributed by atoms with Gasteiger partial charge in [-0.25, -0.2) is 0 Å². The fourth-order valence-corrected chi connectivity index (χ4v) is 2.82. The molecule has 0 aromatic carbocycles. The summed E-state index contributed by atoms with van der Waals surface area (Å²) in [6, 6.07) is 0.526. The van der Waals surface area contributed by atoms with Crippen molar-refractivity contribution < 1.29 is 14.3 Å². The van der Waals surface area contributed by atoms with Crippen molar-refractivity contribution in [2.24, 2.45) is 5.41 Å². The topological polar surface area (TPSA) is 49.9 Å². The molecule has 0 spiro atoms. The molecule has 1 aliphatic rings. The summed E-state index contributed by atoms with van der Waals surface area (Å²) in [7, 11) is 0. The van der Waals surface area contributed by atoms with Crippen LogP contribution in [0.3, 0.4) is 0 Å². The van der Waals surface area contributed by atoms with Gasteiger partial charge in [0.15, 0.2) is 5.78 Å². The Morgan fingerprint density at radius 3 is 2.38 bits per heavy atom. The van der Waals surface area contributed by atoms with E-state index in [2.05, 4.69) is 23.6 Å². The number of carbonyl (C=O) groups is 2. The number of esters is 1. The first-order valence-corrected chi connectivity index (χ1v) is 8.03. The lowest BCUT2D eigenvalue weighted by molar-refractivity contribution is -0.158. The van der Waals surface area contributed by atoms with Gasteiger partial charge in [0.2, 0.25) is 0 Å². The highest BCUT2D eigenvalue weighted by atomic mass is 16.5. The van der Waals surface area contributed by atoms with Gasteiger partial charge in [-0.3, -0.25) is 19.4 Å². The van der Waals surface area contributed by atoms with Crippen molar-refractivity contribution in [2.45, 2.75) is 47.1 Å². The van der Waals surface area contributed by atoms with Crippen molar-refractivity contribution in [1.29, 1.82) is 0 Å². The molecule has 5 heteroatoms. The van der Waals surface area contributed by atoms with E-state index in [4.69, 9.17) is 4.74 Å². The molecule has 5 nitrogen and oxygen atoms in total. The molecule has 0 saturated carbocycles. The number of ketones is 1. The number of hydrogen-bond acceptors (Lipinski definition) is 5. The van der Waals surface area contributed by atoms with E-state index in [-0.39, 0.29) is 5.78 Å². The molecule has 0 aromatic rings. The van der Waals surface area contributed by atoms with Gasteiger partial charge in [-0.15, -0.1) is 0 Å². The van der Waals surface area contributed by atoms with Crippen LogP contribution in [0.4, 0.5) is 0 Å². The third-order valence-corrected chi connectivity index (χ3v) is 4.43. The smallest absolute Gasteiger partial charge is 0.319 e. The number of Topliss-reactive ketones (excluding diaryl/α,β-unsaturated/α-hetero) is 1. The molecule has 21 heavy (non-hydrogen) atoms. The van der Waals surface area contributed by atoms with Gasteiger partial charge < -0.3 is 4.74 Å². The second-order valence-electron chi connectivity index (χ2n) is 6.17. The van der Waals surface area contributed by atoms with Crippen molar-refractivity contribution >= 4 is 11.8 Å².